The molecule has 1 aromatic heterocycles. The third-order valence-electron chi connectivity index (χ3n) is 5.09. The van der Waals surface area contributed by atoms with Crippen molar-refractivity contribution in [3.05, 3.63) is 75.6 Å². The molecule has 3 aromatic rings. The van der Waals surface area contributed by atoms with Gasteiger partial charge in [-0.25, -0.2) is 14.2 Å². The predicted octanol–water partition coefficient (Wildman–Crippen LogP) is 3.60. The number of nitrogens with zero attached hydrogens (tertiary/aromatic N) is 3. The molecule has 0 radical (unpaired) electrons. The molecule has 35 heavy (non-hydrogen) atoms. The number of hydrogen-bond donors (Lipinski definition) is 0. The van der Waals surface area contributed by atoms with Crippen molar-refractivity contribution in [3.63, 3.8) is 0 Å². The Morgan fingerprint density at radius 3 is 2.51 bits per heavy atom. The number of ether oxygens (including phenoxy) is 1. The van der Waals surface area contributed by atoms with Crippen LogP contribution in [-0.4, -0.2) is 33.1 Å². The van der Waals surface area contributed by atoms with Gasteiger partial charge in [0.1, 0.15) is 11.6 Å². The number of aryl methyl sites for hydroxylation is 1. The third kappa shape index (κ3) is 6.11. The Morgan fingerprint density at radius 2 is 1.89 bits per heavy atom. The Hall–Kier alpha value is -4.03. The second kappa shape index (κ2) is 10.5. The first kappa shape index (κ1) is 25.6. The molecule has 0 fully saturated rings. The van der Waals surface area contributed by atoms with Crippen LogP contribution in [0.15, 0.2) is 47.3 Å². The number of halogens is 1. The van der Waals surface area contributed by atoms with Gasteiger partial charge in [0, 0.05) is 11.6 Å². The summed E-state index contributed by atoms with van der Waals surface area (Å²) in [7, 11) is 0. The Balaban J connectivity index is 1.91. The smallest absolute Gasteiger partial charge is 0.357 e. The predicted molar refractivity (Wildman–Crippen MR) is 127 cm³/mol. The van der Waals surface area contributed by atoms with Gasteiger partial charge in [-0.05, 0) is 45.9 Å². The summed E-state index contributed by atoms with van der Waals surface area (Å²) in [6.45, 7) is 6.04. The minimum absolute atomic E-state index is 0.0783. The van der Waals surface area contributed by atoms with Gasteiger partial charge in [0.2, 0.25) is 0 Å². The minimum atomic E-state index is -0.740. The molecule has 3 rings (SSSR count). The van der Waals surface area contributed by atoms with Crippen molar-refractivity contribution < 1.29 is 23.6 Å². The maximum Gasteiger partial charge on any atom is 0.357 e. The van der Waals surface area contributed by atoms with Gasteiger partial charge in [-0.3, -0.25) is 14.2 Å². The fourth-order valence-corrected chi connectivity index (χ4v) is 3.17. The zero-order valence-corrected chi connectivity index (χ0v) is 20.0. The van der Waals surface area contributed by atoms with Crippen molar-refractivity contribution in [1.82, 2.24) is 14.6 Å². The number of fused-ring (bicyclic) bond motifs is 1. The maximum absolute atomic E-state index is 14.9. The van der Waals surface area contributed by atoms with E-state index in [9.17, 15) is 18.8 Å². The highest BCUT2D eigenvalue weighted by atomic mass is 19.1. The molecule has 1 heterocycles. The van der Waals surface area contributed by atoms with Crippen molar-refractivity contribution >= 4 is 22.8 Å². The van der Waals surface area contributed by atoms with E-state index in [1.165, 1.54) is 10.6 Å². The van der Waals surface area contributed by atoms with Crippen molar-refractivity contribution in [3.8, 4) is 12.3 Å². The third-order valence-corrected chi connectivity index (χ3v) is 5.09. The van der Waals surface area contributed by atoms with Crippen LogP contribution in [0.2, 0.25) is 0 Å². The number of hydroxylamine groups is 2. The van der Waals surface area contributed by atoms with Crippen LogP contribution >= 0.6 is 0 Å². The van der Waals surface area contributed by atoms with E-state index in [1.54, 1.807) is 58.0 Å². The van der Waals surface area contributed by atoms with Crippen molar-refractivity contribution in [2.45, 2.75) is 41.0 Å². The summed E-state index contributed by atoms with van der Waals surface area (Å²) >= 11 is 0. The van der Waals surface area contributed by atoms with Gasteiger partial charge in [0.15, 0.2) is 6.73 Å². The molecule has 0 aliphatic rings. The van der Waals surface area contributed by atoms with E-state index < -0.39 is 28.7 Å². The number of rotatable bonds is 7. The topological polar surface area (TPSA) is 90.7 Å². The largest absolute Gasteiger partial charge is 0.443 e. The van der Waals surface area contributed by atoms with Gasteiger partial charge >= 0.3 is 11.9 Å². The summed E-state index contributed by atoms with van der Waals surface area (Å²) in [5, 5.41) is 1.25. The van der Waals surface area contributed by atoms with Gasteiger partial charge in [-0.15, -0.1) is 11.5 Å². The molecule has 0 spiro atoms. The second-order valence-electron chi connectivity index (χ2n) is 8.91. The lowest BCUT2D eigenvalue weighted by Crippen LogP contribution is -2.30. The highest BCUT2D eigenvalue weighted by Gasteiger charge is 2.24. The molecule has 0 saturated heterocycles. The number of hydrogen-bond acceptors (Lipinski definition) is 7. The maximum atomic E-state index is 14.9. The Kier molecular flexibility index (Phi) is 7.67. The highest BCUT2D eigenvalue weighted by Crippen LogP contribution is 2.19. The summed E-state index contributed by atoms with van der Waals surface area (Å²) < 4.78 is 21.4. The molecule has 8 nitrogen and oxygen atoms in total. The summed E-state index contributed by atoms with van der Waals surface area (Å²) in [6.07, 6.45) is 5.39. The van der Waals surface area contributed by atoms with Crippen LogP contribution in [0.25, 0.3) is 10.9 Å². The Labute approximate surface area is 202 Å². The van der Waals surface area contributed by atoms with Gasteiger partial charge in [0.05, 0.1) is 35.0 Å². The van der Waals surface area contributed by atoms with Gasteiger partial charge < -0.3 is 9.57 Å². The molecule has 182 valence electrons. The fraction of sp³-hybridized carbons (Fsp3) is 0.308. The van der Waals surface area contributed by atoms with E-state index in [1.807, 2.05) is 0 Å². The number of carbonyl (C=O) groups is 2. The monoisotopic (exact) mass is 479 g/mol. The van der Waals surface area contributed by atoms with E-state index in [4.69, 9.17) is 16.0 Å². The fourth-order valence-electron chi connectivity index (χ4n) is 3.17. The van der Waals surface area contributed by atoms with Crippen molar-refractivity contribution in [1.29, 1.82) is 0 Å². The molecule has 0 aliphatic heterocycles. The SMILES string of the molecule is C#CCN(Cc1cc2c(=O)n(COC(=O)C(C)(C)C)c(C)nc2cc1F)OC(=O)c1ccccc1. The Morgan fingerprint density at radius 1 is 1.20 bits per heavy atom. The van der Waals surface area contributed by atoms with E-state index in [-0.39, 0.29) is 42.1 Å². The van der Waals surface area contributed by atoms with E-state index >= 15 is 0 Å². The molecule has 0 saturated carbocycles. The standard InChI is InChI=1S/C26H26FN3O5/c1-6-12-29(35-24(32)18-10-8-7-9-11-18)15-19-13-20-22(14-21(19)27)28-17(2)30(23(20)31)16-34-25(33)26(3,4)5/h1,7-11,13-14H,12,15-16H2,2-5H3. The molecule has 0 bridgehead atoms. The molecule has 9 heteroatoms. The van der Waals surface area contributed by atoms with E-state index in [0.29, 0.717) is 5.56 Å². The normalized spacial score (nSPS) is 11.3. The summed E-state index contributed by atoms with van der Waals surface area (Å²) in [5.41, 5.74) is -0.705. The molecular weight excluding hydrogens is 453 g/mol. The van der Waals surface area contributed by atoms with Crippen LogP contribution in [0.1, 0.15) is 42.5 Å². The quantitative estimate of drug-likeness (QED) is 0.291. The number of terminal acetylenes is 1. The van der Waals surface area contributed by atoms with Gasteiger partial charge in [-0.2, -0.15) is 0 Å². The average Bonchev–Trinajstić information content (AvgIpc) is 2.79. The van der Waals surface area contributed by atoms with Crippen LogP contribution in [0.4, 0.5) is 4.39 Å². The van der Waals surface area contributed by atoms with Crippen LogP contribution in [0.3, 0.4) is 0 Å². The average molecular weight is 480 g/mol. The van der Waals surface area contributed by atoms with Gasteiger partial charge in [-0.1, -0.05) is 24.1 Å². The van der Waals surface area contributed by atoms with Crippen LogP contribution < -0.4 is 5.56 Å². The number of aromatic nitrogens is 2. The van der Waals surface area contributed by atoms with E-state index in [0.717, 1.165) is 11.1 Å². The minimum Gasteiger partial charge on any atom is -0.443 e. The van der Waals surface area contributed by atoms with Crippen molar-refractivity contribution in [2.24, 2.45) is 5.41 Å². The number of carbonyl (C=O) groups excluding carboxylic acids is 2. The van der Waals surface area contributed by atoms with Gasteiger partial charge in [0.25, 0.3) is 5.56 Å². The highest BCUT2D eigenvalue weighted by molar-refractivity contribution is 5.89. The molecule has 2 aromatic carbocycles. The lowest BCUT2D eigenvalue weighted by molar-refractivity contribution is -0.157. The molecule has 0 aliphatic carbocycles. The molecule has 0 N–H and O–H groups in total. The lowest BCUT2D eigenvalue weighted by atomic mass is 9.98. The van der Waals surface area contributed by atoms with E-state index in [2.05, 4.69) is 10.9 Å². The number of benzene rings is 2. The summed E-state index contributed by atoms with van der Waals surface area (Å²) in [5.74, 6) is 0.866. The molecule has 0 unspecified atom stereocenters. The summed E-state index contributed by atoms with van der Waals surface area (Å²) in [4.78, 5) is 47.3. The second-order valence-corrected chi connectivity index (χ2v) is 8.91. The zero-order valence-electron chi connectivity index (χ0n) is 20.0. The first-order valence-corrected chi connectivity index (χ1v) is 10.8. The summed E-state index contributed by atoms with van der Waals surface area (Å²) in [6, 6.07) is 10.8. The van der Waals surface area contributed by atoms with Crippen LogP contribution in [-0.2, 0) is 27.6 Å². The zero-order chi connectivity index (χ0) is 25.8. The molecular formula is C26H26FN3O5. The first-order chi connectivity index (χ1) is 16.5. The van der Waals surface area contributed by atoms with Crippen LogP contribution in [0, 0.1) is 30.5 Å². The molecule has 0 amide bonds. The Bertz CT molecular complexity index is 1350. The first-order valence-electron chi connectivity index (χ1n) is 10.8. The lowest BCUT2D eigenvalue weighted by Gasteiger charge is -2.20. The van der Waals surface area contributed by atoms with Crippen LogP contribution in [0.5, 0.6) is 0 Å². The number of esters is 1. The van der Waals surface area contributed by atoms with Crippen molar-refractivity contribution in [2.75, 3.05) is 6.54 Å². The molecule has 0 atom stereocenters.